The molecular weight excluding hydrogens is 188 g/mol. The Labute approximate surface area is 76.4 Å². The zero-order chi connectivity index (χ0) is 9.12. The fraction of sp³-hybridized carbons (Fsp3) is 0.500. The molecule has 0 aliphatic heterocycles. The van der Waals surface area contributed by atoms with E-state index >= 15 is 0 Å². The van der Waals surface area contributed by atoms with Gasteiger partial charge in [0.15, 0.2) is 15.5 Å². The van der Waals surface area contributed by atoms with E-state index in [9.17, 15) is 0 Å². The lowest BCUT2D eigenvalue weighted by atomic mass is 11.2. The highest BCUT2D eigenvalue weighted by atomic mass is 35.6. The van der Waals surface area contributed by atoms with E-state index in [2.05, 4.69) is 43.1 Å². The molecule has 0 saturated heterocycles. The first-order valence-electron chi connectivity index (χ1n) is 3.64. The highest BCUT2D eigenvalue weighted by Gasteiger charge is 2.17. The monoisotopic (exact) mass is 202 g/mol. The maximum absolute atomic E-state index is 6.10. The third kappa shape index (κ3) is 6.42. The highest BCUT2D eigenvalue weighted by Crippen LogP contribution is 2.11. The van der Waals surface area contributed by atoms with E-state index in [-0.39, 0.29) is 0 Å². The lowest BCUT2D eigenvalue weighted by molar-refractivity contribution is 1.86. The molecule has 0 aromatic rings. The van der Waals surface area contributed by atoms with Gasteiger partial charge in [0.1, 0.15) is 0 Å². The number of hydrogen-bond donors (Lipinski definition) is 0. The van der Waals surface area contributed by atoms with E-state index in [4.69, 9.17) is 17.5 Å². The van der Waals surface area contributed by atoms with Crippen LogP contribution in [0.1, 0.15) is 0 Å². The summed E-state index contributed by atoms with van der Waals surface area (Å²) >= 11 is 6.10. The average Bonchev–Trinajstić information content (AvgIpc) is 1.83. The largest absolute Gasteiger partial charge is 0.173 e. The number of halogens is 1. The Kier molecular flexibility index (Phi) is 3.62. The summed E-state index contributed by atoms with van der Waals surface area (Å²) in [4.78, 5) is 0. The van der Waals surface area contributed by atoms with Crippen molar-refractivity contribution in [2.75, 3.05) is 0 Å². The maximum atomic E-state index is 6.10. The minimum absolute atomic E-state index is 1.49. The van der Waals surface area contributed by atoms with Gasteiger partial charge in [-0.3, -0.25) is 0 Å². The van der Waals surface area contributed by atoms with E-state index in [1.54, 1.807) is 0 Å². The summed E-state index contributed by atoms with van der Waals surface area (Å²) in [7, 11) is -3.04. The fourth-order valence-corrected chi connectivity index (χ4v) is 4.37. The molecule has 0 fully saturated rings. The van der Waals surface area contributed by atoms with Crippen LogP contribution >= 0.6 is 11.1 Å². The quantitative estimate of drug-likeness (QED) is 0.367. The summed E-state index contributed by atoms with van der Waals surface area (Å²) in [5.41, 5.74) is 7.11. The smallest absolute Gasteiger partial charge is 0.162 e. The molecule has 0 atom stereocenters. The van der Waals surface area contributed by atoms with E-state index in [1.165, 1.54) is 0 Å². The van der Waals surface area contributed by atoms with Crippen molar-refractivity contribution in [3.05, 3.63) is 11.4 Å². The van der Waals surface area contributed by atoms with Crippen LogP contribution in [0.3, 0.4) is 0 Å². The Morgan fingerprint density at radius 1 is 1.18 bits per heavy atom. The van der Waals surface area contributed by atoms with Gasteiger partial charge in [-0.25, -0.2) is 0 Å². The molecule has 62 valence electrons. The van der Waals surface area contributed by atoms with Crippen LogP contribution in [-0.2, 0) is 0 Å². The molecule has 0 aliphatic carbocycles. The Balaban J connectivity index is 4.28. The Bertz CT molecular complexity index is 193. The molecule has 0 amide bonds. The zero-order valence-electron chi connectivity index (χ0n) is 7.61. The van der Waals surface area contributed by atoms with Crippen molar-refractivity contribution in [1.29, 1.82) is 0 Å². The first-order valence-corrected chi connectivity index (χ1v) is 10.8. The van der Waals surface area contributed by atoms with Crippen molar-refractivity contribution in [2.24, 2.45) is 0 Å². The average molecular weight is 203 g/mol. The first kappa shape index (κ1) is 11.0. The van der Waals surface area contributed by atoms with Gasteiger partial charge in [-0.2, -0.15) is 11.1 Å². The van der Waals surface area contributed by atoms with Gasteiger partial charge in [0.2, 0.25) is 0 Å². The summed E-state index contributed by atoms with van der Waals surface area (Å²) in [5, 5.41) is 0. The van der Waals surface area contributed by atoms with Crippen molar-refractivity contribution in [3.8, 4) is 12.0 Å². The molecule has 3 heteroatoms. The van der Waals surface area contributed by atoms with Crippen molar-refractivity contribution in [3.63, 3.8) is 0 Å². The second kappa shape index (κ2) is 3.62. The molecule has 0 radical (unpaired) electrons. The minimum atomic E-state index is -1.55. The van der Waals surface area contributed by atoms with Gasteiger partial charge >= 0.3 is 0 Å². The van der Waals surface area contributed by atoms with Crippen molar-refractivity contribution >= 4 is 26.5 Å². The van der Waals surface area contributed by atoms with Gasteiger partial charge < -0.3 is 0 Å². The zero-order valence-corrected chi connectivity index (χ0v) is 10.4. The van der Waals surface area contributed by atoms with Crippen LogP contribution < -0.4 is 0 Å². The molecule has 0 N–H and O–H groups in total. The minimum Gasteiger partial charge on any atom is -0.162 e. The van der Waals surface area contributed by atoms with Crippen LogP contribution in [0.2, 0.25) is 26.2 Å². The molecule has 0 saturated carbocycles. The predicted octanol–water partition coefficient (Wildman–Crippen LogP) is 2.95. The Hall–Kier alpha value is 0.0238. The van der Waals surface area contributed by atoms with E-state index in [0.29, 0.717) is 0 Å². The second-order valence-electron chi connectivity index (χ2n) is 3.76. The van der Waals surface area contributed by atoms with Gasteiger partial charge in [0.25, 0.3) is 0 Å². The fourth-order valence-electron chi connectivity index (χ4n) is 0.455. The molecular formula is C8H15ClSi2. The van der Waals surface area contributed by atoms with Crippen LogP contribution in [0.25, 0.3) is 0 Å². The molecule has 0 nitrogen and oxygen atoms in total. The van der Waals surface area contributed by atoms with E-state index < -0.39 is 15.5 Å². The molecule has 0 unspecified atom stereocenters. The molecule has 0 aromatic heterocycles. The van der Waals surface area contributed by atoms with Gasteiger partial charge in [-0.1, -0.05) is 37.6 Å². The summed E-state index contributed by atoms with van der Waals surface area (Å²) in [6.45, 7) is 8.46. The lowest BCUT2D eigenvalue weighted by Crippen LogP contribution is -2.22. The third-order valence-corrected chi connectivity index (χ3v) is 4.68. The van der Waals surface area contributed by atoms with Crippen LogP contribution in [0.5, 0.6) is 0 Å². The van der Waals surface area contributed by atoms with Crippen LogP contribution in [0, 0.1) is 12.0 Å². The number of hydrogen-bond acceptors (Lipinski definition) is 0. The predicted molar refractivity (Wildman–Crippen MR) is 58.8 cm³/mol. The molecule has 0 aliphatic rings. The first-order chi connectivity index (χ1) is 4.77. The summed E-state index contributed by atoms with van der Waals surface area (Å²) in [5.74, 6) is 0. The van der Waals surface area contributed by atoms with Crippen molar-refractivity contribution in [2.45, 2.75) is 26.2 Å². The van der Waals surface area contributed by atoms with Crippen LogP contribution in [-0.4, -0.2) is 15.5 Å². The Morgan fingerprint density at radius 3 is 1.91 bits per heavy atom. The number of rotatable bonds is 2. The van der Waals surface area contributed by atoms with Crippen LogP contribution in [0.15, 0.2) is 11.4 Å². The molecule has 0 aromatic carbocycles. The van der Waals surface area contributed by atoms with Gasteiger partial charge in [-0.05, 0) is 0 Å². The normalized spacial score (nSPS) is 13.5. The van der Waals surface area contributed by atoms with Gasteiger partial charge in [-0.15, -0.1) is 12.0 Å². The highest BCUT2D eigenvalue weighted by molar-refractivity contribution is 7.22. The summed E-state index contributed by atoms with van der Waals surface area (Å²) in [6, 6.07) is 0. The third-order valence-electron chi connectivity index (χ3n) is 1.27. The number of terminal acetylenes is 1. The lowest BCUT2D eigenvalue weighted by Gasteiger charge is -2.11. The van der Waals surface area contributed by atoms with Gasteiger partial charge in [0, 0.05) is 0 Å². The standard InChI is InChI=1S/C8H15ClSi2/c1-6-10(2,3)7-8-11(4,5)9/h1,7-8H,2-5H3. The molecule has 0 rings (SSSR count). The molecule has 0 heterocycles. The van der Waals surface area contributed by atoms with Crippen LogP contribution in [0.4, 0.5) is 0 Å². The van der Waals surface area contributed by atoms with Crippen molar-refractivity contribution < 1.29 is 0 Å². The second-order valence-corrected chi connectivity index (χ2v) is 14.2. The SMILES string of the molecule is C#C[Si](C)(C)C=C[Si](C)(C)Cl. The van der Waals surface area contributed by atoms with E-state index in [0.717, 1.165) is 0 Å². The molecule has 0 spiro atoms. The molecule has 0 bridgehead atoms. The van der Waals surface area contributed by atoms with Crippen molar-refractivity contribution in [1.82, 2.24) is 0 Å². The topological polar surface area (TPSA) is 0 Å². The maximum Gasteiger partial charge on any atom is 0.173 e. The Morgan fingerprint density at radius 2 is 1.64 bits per heavy atom. The molecule has 11 heavy (non-hydrogen) atoms. The summed E-state index contributed by atoms with van der Waals surface area (Å²) < 4.78 is 0. The van der Waals surface area contributed by atoms with Gasteiger partial charge in [0.05, 0.1) is 0 Å². The summed E-state index contributed by atoms with van der Waals surface area (Å²) in [6.07, 6.45) is 5.37. The van der Waals surface area contributed by atoms with E-state index in [1.807, 2.05) is 0 Å².